The van der Waals surface area contributed by atoms with Gasteiger partial charge < -0.3 is 14.2 Å². The number of anilines is 1. The van der Waals surface area contributed by atoms with Crippen LogP contribution in [0.2, 0.25) is 0 Å². The van der Waals surface area contributed by atoms with Gasteiger partial charge in [0.25, 0.3) is 0 Å². The number of esters is 2. The molecule has 1 heterocycles. The van der Waals surface area contributed by atoms with E-state index in [4.69, 9.17) is 14.2 Å². The smallest absolute Gasteiger partial charge is 0.323 e. The summed E-state index contributed by atoms with van der Waals surface area (Å²) in [4.78, 5) is 25.5. The summed E-state index contributed by atoms with van der Waals surface area (Å²) in [7, 11) is -3.64. The Morgan fingerprint density at radius 3 is 2.27 bits per heavy atom. The van der Waals surface area contributed by atoms with Crippen LogP contribution in [-0.4, -0.2) is 51.5 Å². The fraction of sp³-hybridized carbons (Fsp3) is 0.667. The van der Waals surface area contributed by atoms with Gasteiger partial charge in [-0.1, -0.05) is 25.3 Å². The van der Waals surface area contributed by atoms with Crippen LogP contribution in [0.4, 0.5) is 5.69 Å². The van der Waals surface area contributed by atoms with Gasteiger partial charge in [-0.25, -0.2) is 8.42 Å². The highest BCUT2D eigenvalue weighted by Crippen LogP contribution is 2.41. The molecule has 1 aliphatic heterocycles. The first-order valence-corrected chi connectivity index (χ1v) is 13.3. The Morgan fingerprint density at radius 1 is 1.09 bits per heavy atom. The molecule has 0 bridgehead atoms. The zero-order valence-electron chi connectivity index (χ0n) is 20.0. The maximum Gasteiger partial charge on any atom is 0.323 e. The third-order valence-electron chi connectivity index (χ3n) is 6.41. The minimum absolute atomic E-state index is 0.0175. The summed E-state index contributed by atoms with van der Waals surface area (Å²) in [6.45, 7) is 6.94. The van der Waals surface area contributed by atoms with Gasteiger partial charge in [-0.2, -0.15) is 0 Å². The predicted octanol–water partition coefficient (Wildman–Crippen LogP) is 3.75. The van der Waals surface area contributed by atoms with E-state index in [1.54, 1.807) is 19.9 Å². The second-order valence-electron chi connectivity index (χ2n) is 9.02. The lowest BCUT2D eigenvalue weighted by atomic mass is 9.84. The Kier molecular flexibility index (Phi) is 7.92. The predicted molar refractivity (Wildman–Crippen MR) is 125 cm³/mol. The summed E-state index contributed by atoms with van der Waals surface area (Å²) >= 11 is 0. The van der Waals surface area contributed by atoms with Crippen molar-refractivity contribution in [3.63, 3.8) is 0 Å². The number of hydrogen-bond donors (Lipinski definition) is 0. The summed E-state index contributed by atoms with van der Waals surface area (Å²) in [5.41, 5.74) is -0.188. The van der Waals surface area contributed by atoms with Gasteiger partial charge in [-0.05, 0) is 58.2 Å². The maximum atomic E-state index is 13.7. The van der Waals surface area contributed by atoms with Crippen LogP contribution >= 0.6 is 0 Å². The highest BCUT2D eigenvalue weighted by atomic mass is 32.2. The van der Waals surface area contributed by atoms with E-state index in [1.165, 1.54) is 11.2 Å². The molecule has 184 valence electrons. The molecule has 0 radical (unpaired) electrons. The van der Waals surface area contributed by atoms with Crippen LogP contribution in [0.1, 0.15) is 64.9 Å². The van der Waals surface area contributed by atoms with Crippen LogP contribution in [-0.2, 0) is 29.1 Å². The number of ether oxygens (including phenoxy) is 3. The van der Waals surface area contributed by atoms with Gasteiger partial charge in [0.05, 0.1) is 30.7 Å². The summed E-state index contributed by atoms with van der Waals surface area (Å²) in [5, 5.41) is -0.445. The molecule has 3 rings (SSSR count). The zero-order valence-corrected chi connectivity index (χ0v) is 20.8. The van der Waals surface area contributed by atoms with Crippen LogP contribution in [0.25, 0.3) is 0 Å². The van der Waals surface area contributed by atoms with Crippen LogP contribution < -0.4 is 9.04 Å². The molecule has 1 unspecified atom stereocenters. The van der Waals surface area contributed by atoms with Crippen molar-refractivity contribution in [3.8, 4) is 5.75 Å². The molecule has 1 aliphatic carbocycles. The molecule has 0 N–H and O–H groups in total. The number of hydrogen-bond acceptors (Lipinski definition) is 7. The highest BCUT2D eigenvalue weighted by Gasteiger charge is 2.49. The lowest BCUT2D eigenvalue weighted by Crippen LogP contribution is -2.51. The number of rotatable bonds is 8. The topological polar surface area (TPSA) is 99.2 Å². The second-order valence-corrected chi connectivity index (χ2v) is 11.2. The van der Waals surface area contributed by atoms with Crippen LogP contribution in [0.15, 0.2) is 18.2 Å². The molecule has 0 spiro atoms. The molecule has 1 fully saturated rings. The van der Waals surface area contributed by atoms with Crippen LogP contribution in [0, 0.1) is 12.3 Å². The number of benzene rings is 1. The first-order valence-electron chi connectivity index (χ1n) is 11.8. The van der Waals surface area contributed by atoms with Crippen molar-refractivity contribution in [2.24, 2.45) is 5.41 Å². The van der Waals surface area contributed by atoms with Crippen LogP contribution in [0.3, 0.4) is 0 Å². The molecule has 8 nitrogen and oxygen atoms in total. The normalized spacial score (nSPS) is 19.4. The SMILES string of the molecule is CCOC(=O)C(C)(CC1CN(S(=O)(=O)C2CCCCC2)c2cc(C)ccc2O1)C(=O)OCC. The number of sulfonamides is 1. The first kappa shape index (κ1) is 25.3. The first-order chi connectivity index (χ1) is 15.6. The van der Waals surface area contributed by atoms with Crippen molar-refractivity contribution in [2.45, 2.75) is 77.6 Å². The summed E-state index contributed by atoms with van der Waals surface area (Å²) in [6.07, 6.45) is 3.31. The fourth-order valence-corrected chi connectivity index (χ4v) is 6.68. The van der Waals surface area contributed by atoms with E-state index in [1.807, 2.05) is 19.1 Å². The van der Waals surface area contributed by atoms with Gasteiger partial charge in [0.1, 0.15) is 11.9 Å². The van der Waals surface area contributed by atoms with E-state index in [9.17, 15) is 18.0 Å². The highest BCUT2D eigenvalue weighted by molar-refractivity contribution is 7.93. The van der Waals surface area contributed by atoms with Crippen molar-refractivity contribution < 1.29 is 32.2 Å². The van der Waals surface area contributed by atoms with Gasteiger partial charge in [0, 0.05) is 6.42 Å². The summed E-state index contributed by atoms with van der Waals surface area (Å²) in [6, 6.07) is 5.40. The van der Waals surface area contributed by atoms with Gasteiger partial charge in [-0.3, -0.25) is 13.9 Å². The van der Waals surface area contributed by atoms with E-state index in [0.717, 1.165) is 24.8 Å². The Hall–Kier alpha value is -2.29. The molecule has 0 aromatic heterocycles. The minimum atomic E-state index is -3.64. The Labute approximate surface area is 196 Å². The molecule has 2 aliphatic rings. The average Bonchev–Trinajstić information content (AvgIpc) is 2.79. The van der Waals surface area contributed by atoms with Gasteiger partial charge in [0.2, 0.25) is 10.0 Å². The van der Waals surface area contributed by atoms with E-state index in [-0.39, 0.29) is 26.2 Å². The number of aryl methyl sites for hydroxylation is 1. The Balaban J connectivity index is 1.96. The van der Waals surface area contributed by atoms with Crippen molar-refractivity contribution in [3.05, 3.63) is 23.8 Å². The molecule has 0 amide bonds. The molecule has 33 heavy (non-hydrogen) atoms. The lowest BCUT2D eigenvalue weighted by molar-refractivity contribution is -0.172. The van der Waals surface area contributed by atoms with Crippen molar-refractivity contribution in [1.82, 2.24) is 0 Å². The summed E-state index contributed by atoms with van der Waals surface area (Å²) < 4.78 is 45.3. The van der Waals surface area contributed by atoms with Crippen molar-refractivity contribution in [2.75, 3.05) is 24.1 Å². The van der Waals surface area contributed by atoms with Crippen LogP contribution in [0.5, 0.6) is 5.75 Å². The minimum Gasteiger partial charge on any atom is -0.486 e. The molecular formula is C24H35NO7S. The van der Waals surface area contributed by atoms with E-state index < -0.39 is 38.7 Å². The second kappa shape index (κ2) is 10.3. The largest absolute Gasteiger partial charge is 0.486 e. The van der Waals surface area contributed by atoms with Gasteiger partial charge >= 0.3 is 11.9 Å². The Bertz CT molecular complexity index is 951. The van der Waals surface area contributed by atoms with Crippen molar-refractivity contribution >= 4 is 27.6 Å². The molecule has 1 atom stereocenters. The van der Waals surface area contributed by atoms with Crippen molar-refractivity contribution in [1.29, 1.82) is 0 Å². The third-order valence-corrected chi connectivity index (χ3v) is 8.69. The molecule has 1 saturated carbocycles. The van der Waals surface area contributed by atoms with E-state index in [2.05, 4.69) is 0 Å². The number of nitrogens with zero attached hydrogens (tertiary/aromatic N) is 1. The standard InChI is InChI=1S/C24H35NO7S/c1-5-30-22(26)24(4,23(27)31-6-2)15-18-16-25(20-14-17(3)12-13-21(20)32-18)33(28,29)19-10-8-7-9-11-19/h12-14,18-19H,5-11,15-16H2,1-4H3. The van der Waals surface area contributed by atoms with Gasteiger partial charge in [-0.15, -0.1) is 0 Å². The molecule has 1 aromatic carbocycles. The molecule has 0 saturated heterocycles. The number of carbonyl (C=O) groups is 2. The average molecular weight is 482 g/mol. The zero-order chi connectivity index (χ0) is 24.2. The van der Waals surface area contributed by atoms with Gasteiger partial charge in [0.15, 0.2) is 5.41 Å². The Morgan fingerprint density at radius 2 is 1.70 bits per heavy atom. The third kappa shape index (κ3) is 5.28. The monoisotopic (exact) mass is 481 g/mol. The van der Waals surface area contributed by atoms with E-state index in [0.29, 0.717) is 24.3 Å². The molecular weight excluding hydrogens is 446 g/mol. The fourth-order valence-electron chi connectivity index (χ4n) is 4.60. The molecule has 9 heteroatoms. The quantitative estimate of drug-likeness (QED) is 0.412. The van der Waals surface area contributed by atoms with E-state index >= 15 is 0 Å². The lowest BCUT2D eigenvalue weighted by Gasteiger charge is -2.40. The molecule has 1 aromatic rings. The number of fused-ring (bicyclic) bond motifs is 1. The number of carbonyl (C=O) groups excluding carboxylic acids is 2. The summed E-state index contributed by atoms with van der Waals surface area (Å²) in [5.74, 6) is -0.988. The maximum absolute atomic E-state index is 13.7.